The van der Waals surface area contributed by atoms with Crippen LogP contribution in [-0.4, -0.2) is 72.7 Å². The first-order valence-electron chi connectivity index (χ1n) is 12.0. The largest absolute Gasteiger partial charge is 0.507 e. The average molecular weight is 552 g/mol. The third-order valence-corrected chi connectivity index (χ3v) is 6.67. The van der Waals surface area contributed by atoms with Crippen molar-refractivity contribution >= 4 is 34.0 Å². The second kappa shape index (κ2) is 10.5. The van der Waals surface area contributed by atoms with Crippen LogP contribution in [0.2, 0.25) is 0 Å². The molecule has 0 spiro atoms. The number of rotatable bonds is 5. The van der Waals surface area contributed by atoms with Crippen LogP contribution in [0.3, 0.4) is 0 Å². The summed E-state index contributed by atoms with van der Waals surface area (Å²) in [6.45, 7) is -0.784. The molecule has 2 heterocycles. The van der Waals surface area contributed by atoms with Crippen LogP contribution in [0.15, 0.2) is 63.8 Å². The molecule has 208 valence electrons. The minimum absolute atomic E-state index is 0.149. The molecule has 1 aromatic heterocycles. The zero-order valence-electron chi connectivity index (χ0n) is 20.5. The predicted molar refractivity (Wildman–Crippen MR) is 139 cm³/mol. The van der Waals surface area contributed by atoms with E-state index in [4.69, 9.17) is 13.9 Å². The fourth-order valence-corrected chi connectivity index (χ4v) is 4.66. The van der Waals surface area contributed by atoms with E-state index in [2.05, 4.69) is 0 Å². The molecule has 5 rings (SSSR count). The van der Waals surface area contributed by atoms with Gasteiger partial charge in [-0.1, -0.05) is 30.3 Å². The average Bonchev–Trinajstić information content (AvgIpc) is 2.93. The number of carbonyl (C=O) groups excluding carboxylic acids is 1. The Morgan fingerprint density at radius 1 is 0.925 bits per heavy atom. The molecule has 12 nitrogen and oxygen atoms in total. The molecule has 1 saturated heterocycles. The van der Waals surface area contributed by atoms with Crippen LogP contribution in [0, 0.1) is 0 Å². The molecule has 4 aromatic rings. The summed E-state index contributed by atoms with van der Waals surface area (Å²) in [5.41, 5.74) is -1.11. The molecular formula is C28H24O12. The van der Waals surface area contributed by atoms with Gasteiger partial charge in [-0.05, 0) is 17.7 Å². The first-order valence-corrected chi connectivity index (χ1v) is 12.0. The lowest BCUT2D eigenvalue weighted by molar-refractivity contribution is -0.240. The van der Waals surface area contributed by atoms with Crippen LogP contribution in [0.5, 0.6) is 23.0 Å². The van der Waals surface area contributed by atoms with Gasteiger partial charge in [0.05, 0.1) is 17.6 Å². The third-order valence-electron chi connectivity index (χ3n) is 6.67. The lowest BCUT2D eigenvalue weighted by Crippen LogP contribution is -2.56. The number of hydrogen-bond acceptors (Lipinski definition) is 12. The Balaban J connectivity index is 1.61. The van der Waals surface area contributed by atoms with Crippen LogP contribution in [-0.2, 0) is 14.3 Å². The maximum atomic E-state index is 13.3. The summed E-state index contributed by atoms with van der Waals surface area (Å²) in [7, 11) is 0. The maximum Gasteiger partial charge on any atom is 0.331 e. The Morgan fingerprint density at radius 3 is 2.30 bits per heavy atom. The molecule has 12 heteroatoms. The summed E-state index contributed by atoms with van der Waals surface area (Å²) in [4.78, 5) is 25.9. The highest BCUT2D eigenvalue weighted by Crippen LogP contribution is 2.46. The minimum Gasteiger partial charge on any atom is -0.507 e. The SMILES string of the molecule is O=C(/C=C/c1ccccc1)O[C@@H]1[C@@H](O)[C@H](O)[C@@H](CO)O[C@H]1c1c(O)cc2oc3cc(O)c(O)cc3c(=O)c2c1O. The van der Waals surface area contributed by atoms with Crippen molar-refractivity contribution in [2.45, 2.75) is 30.5 Å². The van der Waals surface area contributed by atoms with Crippen molar-refractivity contribution in [3.63, 3.8) is 0 Å². The van der Waals surface area contributed by atoms with E-state index in [1.165, 1.54) is 6.08 Å². The standard InChI is InChI=1S/C28H24O12/c29-11-19-24(35)26(37)28(40-20(33)7-6-12-4-2-1-3-5-12)27(39-19)21-16(32)10-18-22(25(21)36)23(34)13-8-14(30)15(31)9-17(13)38-18/h1-10,19,24,26-32,35-37H,11H2/b7-6+/t19-,24-,26+,27+,28-/m1/s1. The number of carbonyl (C=O) groups is 1. The fourth-order valence-electron chi connectivity index (χ4n) is 4.66. The second-order valence-corrected chi connectivity index (χ2v) is 9.20. The number of benzene rings is 3. The summed E-state index contributed by atoms with van der Waals surface area (Å²) in [5, 5.41) is 71.9. The monoisotopic (exact) mass is 552 g/mol. The molecular weight excluding hydrogens is 528 g/mol. The van der Waals surface area contributed by atoms with Gasteiger partial charge in [0.1, 0.15) is 52.5 Å². The van der Waals surface area contributed by atoms with Crippen molar-refractivity contribution in [2.24, 2.45) is 0 Å². The highest BCUT2D eigenvalue weighted by atomic mass is 16.6. The first kappa shape index (κ1) is 27.0. The molecule has 5 atom stereocenters. The molecule has 1 aliphatic heterocycles. The van der Waals surface area contributed by atoms with Gasteiger partial charge < -0.3 is 49.6 Å². The van der Waals surface area contributed by atoms with Gasteiger partial charge in [0, 0.05) is 18.2 Å². The smallest absolute Gasteiger partial charge is 0.331 e. The lowest BCUT2D eigenvalue weighted by Gasteiger charge is -2.42. The van der Waals surface area contributed by atoms with Crippen molar-refractivity contribution in [3.05, 3.63) is 76.0 Å². The van der Waals surface area contributed by atoms with Crippen LogP contribution >= 0.6 is 0 Å². The zero-order chi connectivity index (χ0) is 28.7. The topological polar surface area (TPSA) is 207 Å². The second-order valence-electron chi connectivity index (χ2n) is 9.20. The van der Waals surface area contributed by atoms with Crippen molar-refractivity contribution in [3.8, 4) is 23.0 Å². The molecule has 0 radical (unpaired) electrons. The molecule has 0 amide bonds. The van der Waals surface area contributed by atoms with Crippen molar-refractivity contribution in [1.29, 1.82) is 0 Å². The van der Waals surface area contributed by atoms with Gasteiger partial charge in [-0.25, -0.2) is 4.79 Å². The van der Waals surface area contributed by atoms with E-state index < -0.39 is 82.5 Å². The number of ether oxygens (including phenoxy) is 2. The van der Waals surface area contributed by atoms with Crippen LogP contribution in [0.1, 0.15) is 17.2 Å². The van der Waals surface area contributed by atoms with Gasteiger partial charge in [0.2, 0.25) is 5.43 Å². The van der Waals surface area contributed by atoms with Crippen LogP contribution in [0.25, 0.3) is 28.0 Å². The minimum atomic E-state index is -1.84. The fraction of sp³-hybridized carbons (Fsp3) is 0.214. The van der Waals surface area contributed by atoms with E-state index in [9.17, 15) is 45.3 Å². The normalized spacial score (nSPS) is 23.1. The van der Waals surface area contributed by atoms with Gasteiger partial charge in [-0.3, -0.25) is 4.79 Å². The van der Waals surface area contributed by atoms with E-state index in [1.54, 1.807) is 30.3 Å². The van der Waals surface area contributed by atoms with E-state index in [0.717, 1.165) is 24.3 Å². The van der Waals surface area contributed by atoms with E-state index in [-0.39, 0.29) is 16.6 Å². The highest BCUT2D eigenvalue weighted by Gasteiger charge is 2.49. The van der Waals surface area contributed by atoms with Gasteiger partial charge >= 0.3 is 5.97 Å². The number of hydrogen-bond donors (Lipinski definition) is 7. The Labute approximate surface area is 224 Å². The Kier molecular flexibility index (Phi) is 7.08. The number of aliphatic hydroxyl groups is 3. The molecule has 7 N–H and O–H groups in total. The van der Waals surface area contributed by atoms with Gasteiger partial charge in [-0.2, -0.15) is 0 Å². The molecule has 0 aliphatic carbocycles. The van der Waals surface area contributed by atoms with Crippen molar-refractivity contribution < 1.29 is 54.4 Å². The summed E-state index contributed by atoms with van der Waals surface area (Å²) in [6, 6.07) is 11.6. The van der Waals surface area contributed by atoms with Gasteiger partial charge in [-0.15, -0.1) is 0 Å². The van der Waals surface area contributed by atoms with Crippen LogP contribution in [0.4, 0.5) is 0 Å². The first-order chi connectivity index (χ1) is 19.1. The molecule has 1 aliphatic rings. The molecule has 0 unspecified atom stereocenters. The summed E-state index contributed by atoms with van der Waals surface area (Å²) in [5.74, 6) is -3.70. The maximum absolute atomic E-state index is 13.3. The van der Waals surface area contributed by atoms with Crippen molar-refractivity contribution in [2.75, 3.05) is 6.61 Å². The third kappa shape index (κ3) is 4.69. The number of phenolic OH excluding ortho intramolecular Hbond substituents is 4. The zero-order valence-corrected chi connectivity index (χ0v) is 20.5. The molecule has 1 fully saturated rings. The number of fused-ring (bicyclic) bond motifs is 2. The number of phenols is 4. The Bertz CT molecular complexity index is 1680. The number of aliphatic hydroxyl groups excluding tert-OH is 3. The van der Waals surface area contributed by atoms with E-state index in [0.29, 0.717) is 5.56 Å². The lowest BCUT2D eigenvalue weighted by atomic mass is 9.89. The Hall–Kier alpha value is -4.62. The van der Waals surface area contributed by atoms with Crippen LogP contribution < -0.4 is 5.43 Å². The number of esters is 1. The van der Waals surface area contributed by atoms with Gasteiger partial charge in [0.15, 0.2) is 17.6 Å². The highest BCUT2D eigenvalue weighted by molar-refractivity contribution is 5.96. The number of aromatic hydroxyl groups is 4. The summed E-state index contributed by atoms with van der Waals surface area (Å²) in [6.07, 6.45) is -5.86. The molecule has 0 bridgehead atoms. The summed E-state index contributed by atoms with van der Waals surface area (Å²) >= 11 is 0. The predicted octanol–water partition coefficient (Wildman–Crippen LogP) is 1.55. The quantitative estimate of drug-likeness (QED) is 0.0814. The molecule has 3 aromatic carbocycles. The van der Waals surface area contributed by atoms with E-state index in [1.807, 2.05) is 0 Å². The van der Waals surface area contributed by atoms with Gasteiger partial charge in [0.25, 0.3) is 0 Å². The Morgan fingerprint density at radius 2 is 1.60 bits per heavy atom. The summed E-state index contributed by atoms with van der Waals surface area (Å²) < 4.78 is 16.6. The molecule has 40 heavy (non-hydrogen) atoms. The van der Waals surface area contributed by atoms with Crippen molar-refractivity contribution in [1.82, 2.24) is 0 Å². The van der Waals surface area contributed by atoms with E-state index >= 15 is 0 Å². The molecule has 0 saturated carbocycles.